The van der Waals surface area contributed by atoms with Crippen LogP contribution in [0.4, 0.5) is 22.0 Å². The fourth-order valence-electron chi connectivity index (χ4n) is 5.75. The Morgan fingerprint density at radius 3 is 2.33 bits per heavy atom. The first-order chi connectivity index (χ1) is 20.2. The molecule has 4 N–H and O–H groups in total. The first-order valence-electron chi connectivity index (χ1n) is 14.0. The largest absolute Gasteiger partial charge is 0.394 e. The van der Waals surface area contributed by atoms with Crippen LogP contribution in [0.3, 0.4) is 0 Å². The highest BCUT2D eigenvalue weighted by Gasteiger charge is 2.54. The van der Waals surface area contributed by atoms with E-state index in [2.05, 4.69) is 10.3 Å². The van der Waals surface area contributed by atoms with Crippen molar-refractivity contribution in [3.05, 3.63) is 35.8 Å². The van der Waals surface area contributed by atoms with E-state index in [1.165, 1.54) is 4.90 Å². The number of ether oxygens (including phenoxy) is 1. The predicted octanol–water partition coefficient (Wildman–Crippen LogP) is 2.40. The fourth-order valence-corrected chi connectivity index (χ4v) is 7.32. The van der Waals surface area contributed by atoms with E-state index in [1.54, 1.807) is 7.05 Å². The number of carbonyl (C=O) groups excluding carboxylic acids is 1. The van der Waals surface area contributed by atoms with Crippen molar-refractivity contribution in [2.45, 2.75) is 97.6 Å². The SMILES string of the molecule is CN(C(=O)C(S[C@@H]1O[C@H](CO)[C@H](O)[C@H](n2cc(-c3cc(F)c(F)c(F)c3)nn2)[C@H]1O)C1(O)CCC(F)(F)CC1)C1CCC1. The van der Waals surface area contributed by atoms with Crippen molar-refractivity contribution in [3.8, 4) is 11.3 Å². The number of amides is 1. The van der Waals surface area contributed by atoms with E-state index < -0.39 is 89.4 Å². The van der Waals surface area contributed by atoms with Crippen LogP contribution in [0.1, 0.15) is 51.0 Å². The van der Waals surface area contributed by atoms with E-state index in [0.717, 1.165) is 30.1 Å². The number of aliphatic hydroxyl groups excluding tert-OH is 3. The predicted molar refractivity (Wildman–Crippen MR) is 142 cm³/mol. The van der Waals surface area contributed by atoms with E-state index in [1.807, 2.05) is 0 Å². The van der Waals surface area contributed by atoms with Gasteiger partial charge in [-0.05, 0) is 44.2 Å². The molecule has 1 aromatic carbocycles. The molecule has 0 radical (unpaired) electrons. The minimum Gasteiger partial charge on any atom is -0.394 e. The van der Waals surface area contributed by atoms with Crippen molar-refractivity contribution in [3.63, 3.8) is 0 Å². The number of thioether (sulfide) groups is 1. The number of hydrogen-bond donors (Lipinski definition) is 4. The van der Waals surface area contributed by atoms with Gasteiger partial charge >= 0.3 is 0 Å². The minimum atomic E-state index is -3.00. The molecule has 2 heterocycles. The van der Waals surface area contributed by atoms with Crippen molar-refractivity contribution < 1.29 is 51.9 Å². The lowest BCUT2D eigenvalue weighted by atomic mass is 9.79. The van der Waals surface area contributed by atoms with E-state index in [4.69, 9.17) is 4.74 Å². The van der Waals surface area contributed by atoms with Crippen LogP contribution < -0.4 is 0 Å². The van der Waals surface area contributed by atoms with Gasteiger partial charge in [-0.15, -0.1) is 16.9 Å². The average molecular weight is 637 g/mol. The lowest BCUT2D eigenvalue weighted by Gasteiger charge is -2.47. The molecule has 2 saturated carbocycles. The van der Waals surface area contributed by atoms with E-state index in [-0.39, 0.29) is 30.1 Å². The molecular formula is C27H33F5N4O6S. The van der Waals surface area contributed by atoms with Crippen LogP contribution in [0.2, 0.25) is 0 Å². The molecule has 0 bridgehead atoms. The maximum Gasteiger partial charge on any atom is 0.248 e. The molecule has 3 aliphatic rings. The van der Waals surface area contributed by atoms with Gasteiger partial charge in [-0.25, -0.2) is 26.6 Å². The molecule has 6 atom stereocenters. The fraction of sp³-hybridized carbons (Fsp3) is 0.667. The molecule has 1 amide bonds. The third-order valence-corrected chi connectivity index (χ3v) is 10.3. The molecule has 3 fully saturated rings. The summed E-state index contributed by atoms with van der Waals surface area (Å²) in [7, 11) is 1.57. The van der Waals surface area contributed by atoms with E-state index in [0.29, 0.717) is 23.9 Å². The maximum absolute atomic E-state index is 14.0. The lowest BCUT2D eigenvalue weighted by molar-refractivity contribution is -0.179. The van der Waals surface area contributed by atoms with Gasteiger partial charge in [-0.3, -0.25) is 4.79 Å². The zero-order valence-electron chi connectivity index (χ0n) is 23.1. The standard InChI is InChI=1S/C27H33F5N4O6S/c1-35(14-3-2-4-14)24(40)23(26(41)5-7-27(31,32)8-6-26)43-25-22(39)20(21(38)18(12-37)42-25)36-11-17(33-34-36)13-9-15(28)19(30)16(29)10-13/h9-11,14,18,20-23,25,37-39,41H,2-8,12H2,1H3/t18-,20+,21+,22-,23?,25+/m1/s1. The third-order valence-electron chi connectivity index (χ3n) is 8.74. The maximum atomic E-state index is 14.0. The monoisotopic (exact) mass is 636 g/mol. The summed E-state index contributed by atoms with van der Waals surface area (Å²) < 4.78 is 75.9. The van der Waals surface area contributed by atoms with Crippen molar-refractivity contribution >= 4 is 17.7 Å². The van der Waals surface area contributed by atoms with Gasteiger partial charge in [0.15, 0.2) is 17.5 Å². The first-order valence-corrected chi connectivity index (χ1v) is 14.9. The van der Waals surface area contributed by atoms with Crippen LogP contribution in [0, 0.1) is 17.5 Å². The van der Waals surface area contributed by atoms with Gasteiger partial charge in [0.05, 0.1) is 18.4 Å². The molecule has 238 valence electrons. The van der Waals surface area contributed by atoms with Gasteiger partial charge in [-0.2, -0.15) is 0 Å². The zero-order chi connectivity index (χ0) is 31.3. The normalized spacial score (nSPS) is 29.6. The highest BCUT2D eigenvalue weighted by atomic mass is 32.2. The van der Waals surface area contributed by atoms with E-state index >= 15 is 0 Å². The summed E-state index contributed by atoms with van der Waals surface area (Å²) in [5.41, 5.74) is -3.53. The van der Waals surface area contributed by atoms with Gasteiger partial charge in [0.2, 0.25) is 11.8 Å². The number of hydrogen-bond acceptors (Lipinski definition) is 9. The summed E-state index contributed by atoms with van der Waals surface area (Å²) in [5, 5.41) is 50.2. The molecule has 1 saturated heterocycles. The number of alkyl halides is 2. The number of aliphatic hydroxyl groups is 4. The van der Waals surface area contributed by atoms with Crippen LogP contribution in [0.25, 0.3) is 11.3 Å². The van der Waals surface area contributed by atoms with Crippen LogP contribution in [0.15, 0.2) is 18.3 Å². The average Bonchev–Trinajstić information content (AvgIpc) is 3.41. The number of nitrogens with zero attached hydrogens (tertiary/aromatic N) is 4. The highest BCUT2D eigenvalue weighted by Crippen LogP contribution is 2.47. The Morgan fingerprint density at radius 1 is 1.14 bits per heavy atom. The van der Waals surface area contributed by atoms with Crippen molar-refractivity contribution in [2.24, 2.45) is 0 Å². The second-order valence-corrected chi connectivity index (χ2v) is 12.8. The number of aromatic nitrogens is 3. The molecule has 5 rings (SSSR count). The molecule has 16 heteroatoms. The topological polar surface area (TPSA) is 141 Å². The summed E-state index contributed by atoms with van der Waals surface area (Å²) >= 11 is 0.713. The van der Waals surface area contributed by atoms with Crippen molar-refractivity contribution in [1.82, 2.24) is 19.9 Å². The summed E-state index contributed by atoms with van der Waals surface area (Å²) in [6.45, 7) is -0.728. The molecule has 0 spiro atoms. The minimum absolute atomic E-state index is 0.0871. The second kappa shape index (κ2) is 12.2. The summed E-state index contributed by atoms with van der Waals surface area (Å²) in [4.78, 5) is 15.2. The van der Waals surface area contributed by atoms with Gasteiger partial charge in [0, 0.05) is 31.5 Å². The molecule has 10 nitrogen and oxygen atoms in total. The Morgan fingerprint density at radius 2 is 1.77 bits per heavy atom. The summed E-state index contributed by atoms with van der Waals surface area (Å²) in [5.74, 6) is -8.12. The second-order valence-electron chi connectivity index (χ2n) is 11.5. The highest BCUT2D eigenvalue weighted by molar-refractivity contribution is 8.01. The smallest absolute Gasteiger partial charge is 0.248 e. The third kappa shape index (κ3) is 6.27. The zero-order valence-corrected chi connectivity index (χ0v) is 23.9. The lowest BCUT2D eigenvalue weighted by Crippen LogP contribution is -2.59. The number of rotatable bonds is 8. The van der Waals surface area contributed by atoms with Crippen LogP contribution in [0.5, 0.6) is 0 Å². The number of carbonyl (C=O) groups is 1. The van der Waals surface area contributed by atoms with Crippen LogP contribution >= 0.6 is 11.8 Å². The molecule has 1 aliphatic heterocycles. The van der Waals surface area contributed by atoms with E-state index in [9.17, 15) is 47.2 Å². The van der Waals surface area contributed by atoms with Gasteiger partial charge < -0.3 is 30.1 Å². The van der Waals surface area contributed by atoms with Crippen LogP contribution in [-0.4, -0.2) is 106 Å². The molecule has 2 aliphatic carbocycles. The summed E-state index contributed by atoms with van der Waals surface area (Å²) in [6, 6.07) is -0.0644. The molecule has 1 aromatic heterocycles. The van der Waals surface area contributed by atoms with Gasteiger partial charge in [0.1, 0.15) is 40.7 Å². The quantitative estimate of drug-likeness (QED) is 0.254. The van der Waals surface area contributed by atoms with Crippen LogP contribution in [-0.2, 0) is 9.53 Å². The molecule has 43 heavy (non-hydrogen) atoms. The number of benzene rings is 1. The Balaban J connectivity index is 1.44. The Kier molecular flexibility index (Phi) is 9.09. The Bertz CT molecular complexity index is 1300. The van der Waals surface area contributed by atoms with Crippen molar-refractivity contribution in [2.75, 3.05) is 13.7 Å². The Hall–Kier alpha value is -2.37. The van der Waals surface area contributed by atoms with Crippen molar-refractivity contribution in [1.29, 1.82) is 0 Å². The molecule has 1 unspecified atom stereocenters. The number of halogens is 5. The van der Waals surface area contributed by atoms with Gasteiger partial charge in [-0.1, -0.05) is 5.21 Å². The summed E-state index contributed by atoms with van der Waals surface area (Å²) in [6.07, 6.45) is -3.03. The molecular weight excluding hydrogens is 603 g/mol. The Labute approximate surface area is 247 Å². The molecule has 2 aromatic rings. The van der Waals surface area contributed by atoms with Gasteiger partial charge in [0.25, 0.3) is 0 Å². The first kappa shape index (κ1) is 32.0.